The summed E-state index contributed by atoms with van der Waals surface area (Å²) in [7, 11) is 1.25. The summed E-state index contributed by atoms with van der Waals surface area (Å²) in [5.41, 5.74) is 0. The van der Waals surface area contributed by atoms with E-state index in [2.05, 4.69) is 17.0 Å². The molecule has 0 unspecified atom stereocenters. The summed E-state index contributed by atoms with van der Waals surface area (Å²) in [6.07, 6.45) is 0. The Kier molecular flexibility index (Phi) is 10.9. The van der Waals surface area contributed by atoms with Gasteiger partial charge in [-0.15, -0.1) is 0 Å². The molecule has 0 spiro atoms. The van der Waals surface area contributed by atoms with Crippen LogP contribution in [0.2, 0.25) is 0 Å². The van der Waals surface area contributed by atoms with E-state index in [9.17, 15) is 5.11 Å². The minimum absolute atomic E-state index is 0. The minimum atomic E-state index is -0.662. The summed E-state index contributed by atoms with van der Waals surface area (Å²) in [6, 6.07) is 0. The summed E-state index contributed by atoms with van der Waals surface area (Å²) < 4.78 is 3.93. The van der Waals surface area contributed by atoms with E-state index in [-0.39, 0.29) is 51.4 Å². The van der Waals surface area contributed by atoms with Crippen molar-refractivity contribution in [3.05, 3.63) is 0 Å². The van der Waals surface area contributed by atoms with Crippen LogP contribution in [-0.2, 0) is 4.74 Å². The van der Waals surface area contributed by atoms with Crippen molar-refractivity contribution >= 4 is 17.5 Å². The van der Waals surface area contributed by atoms with Gasteiger partial charge >= 0.3 is 51.4 Å². The normalized spacial score (nSPS) is 5.50. The number of methoxy groups -OCH3 is 1. The van der Waals surface area contributed by atoms with Crippen molar-refractivity contribution in [2.45, 2.75) is 0 Å². The van der Waals surface area contributed by atoms with Crippen LogP contribution in [0.15, 0.2) is 0 Å². The van der Waals surface area contributed by atoms with Gasteiger partial charge in [0.25, 0.3) is 0 Å². The molecule has 0 fully saturated rings. The van der Waals surface area contributed by atoms with E-state index in [0.29, 0.717) is 0 Å². The Morgan fingerprint density at radius 1 is 1.83 bits per heavy atom. The average molecular weight is 130 g/mol. The maximum Gasteiger partial charge on any atom is 1.00 e. The van der Waals surface area contributed by atoms with Crippen molar-refractivity contribution in [2.24, 2.45) is 0 Å². The second kappa shape index (κ2) is 6.33. The molecule has 0 rings (SSSR count). The van der Waals surface area contributed by atoms with Gasteiger partial charge in [0, 0.05) is 0 Å². The molecule has 0 aromatic carbocycles. The van der Waals surface area contributed by atoms with Crippen LogP contribution >= 0.6 is 12.2 Å². The first-order valence-corrected chi connectivity index (χ1v) is 1.43. The van der Waals surface area contributed by atoms with Crippen LogP contribution in [0, 0.1) is 0 Å². The Balaban J connectivity index is 0. The van der Waals surface area contributed by atoms with Gasteiger partial charge < -0.3 is 9.84 Å². The van der Waals surface area contributed by atoms with Gasteiger partial charge in [-0.25, -0.2) is 0 Å². The van der Waals surface area contributed by atoms with E-state index >= 15 is 0 Å². The number of hydrogen-bond acceptors (Lipinski definition) is 3. The topological polar surface area (TPSA) is 32.3 Å². The van der Waals surface area contributed by atoms with Crippen LogP contribution in [0.3, 0.4) is 0 Å². The van der Waals surface area contributed by atoms with E-state index in [1.165, 1.54) is 7.11 Å². The van der Waals surface area contributed by atoms with Crippen molar-refractivity contribution in [2.75, 3.05) is 7.11 Å². The van der Waals surface area contributed by atoms with Crippen LogP contribution in [0.5, 0.6) is 0 Å². The Morgan fingerprint density at radius 2 is 2.00 bits per heavy atom. The maximum atomic E-state index is 9.41. The molecule has 0 saturated carbocycles. The van der Waals surface area contributed by atoms with E-state index in [1.807, 2.05) is 0 Å². The fourth-order valence-electron chi connectivity index (χ4n) is 0. The van der Waals surface area contributed by atoms with Gasteiger partial charge in [0.15, 0.2) is 0 Å². The molecule has 6 heavy (non-hydrogen) atoms. The SMILES string of the molecule is COC([O-])=S.[K+]. The average Bonchev–Trinajstić information content (AvgIpc) is 1.38. The van der Waals surface area contributed by atoms with Crippen molar-refractivity contribution in [3.63, 3.8) is 0 Å². The molecule has 0 aliphatic rings. The Labute approximate surface area is 84.3 Å². The number of rotatable bonds is 0. The van der Waals surface area contributed by atoms with Crippen molar-refractivity contribution in [1.82, 2.24) is 0 Å². The van der Waals surface area contributed by atoms with Crippen LogP contribution in [0.25, 0.3) is 0 Å². The fraction of sp³-hybridized carbons (Fsp3) is 0.500. The predicted molar refractivity (Wildman–Crippen MR) is 19.6 cm³/mol. The molecular weight excluding hydrogens is 127 g/mol. The first-order chi connectivity index (χ1) is 2.27. The van der Waals surface area contributed by atoms with Gasteiger partial charge in [-0.05, 0) is 7.11 Å². The zero-order valence-electron chi connectivity index (χ0n) is 3.72. The van der Waals surface area contributed by atoms with Crippen LogP contribution in [0.4, 0.5) is 0 Å². The summed E-state index contributed by atoms with van der Waals surface area (Å²) in [4.78, 5) is 0. The van der Waals surface area contributed by atoms with Crippen LogP contribution in [-0.4, -0.2) is 12.3 Å². The third-order valence-electron chi connectivity index (χ3n) is 0.167. The first-order valence-electron chi connectivity index (χ1n) is 1.02. The van der Waals surface area contributed by atoms with Gasteiger partial charge in [0.1, 0.15) is 5.24 Å². The molecule has 0 aromatic heterocycles. The van der Waals surface area contributed by atoms with Gasteiger partial charge in [-0.1, -0.05) is 12.2 Å². The second-order valence-corrected chi connectivity index (χ2v) is 0.787. The van der Waals surface area contributed by atoms with E-state index in [0.717, 1.165) is 0 Å². The largest absolute Gasteiger partial charge is 1.00 e. The summed E-state index contributed by atoms with van der Waals surface area (Å²) in [5.74, 6) is 0. The monoisotopic (exact) mass is 130 g/mol. The molecule has 0 N–H and O–H groups in total. The molecule has 0 atom stereocenters. The predicted octanol–water partition coefficient (Wildman–Crippen LogP) is -3.72. The molecule has 0 aliphatic carbocycles. The van der Waals surface area contributed by atoms with E-state index in [1.54, 1.807) is 0 Å². The smallest absolute Gasteiger partial charge is 0.609 e. The molecule has 0 radical (unpaired) electrons. The third kappa shape index (κ3) is 9.01. The van der Waals surface area contributed by atoms with Crippen molar-refractivity contribution in [1.29, 1.82) is 0 Å². The molecule has 30 valence electrons. The molecule has 0 amide bonds. The van der Waals surface area contributed by atoms with Crippen LogP contribution in [0.1, 0.15) is 0 Å². The Bertz CT molecular complexity index is 46.8. The minimum Gasteiger partial charge on any atom is -0.609 e. The van der Waals surface area contributed by atoms with Gasteiger partial charge in [0.2, 0.25) is 0 Å². The first kappa shape index (κ1) is 10.3. The van der Waals surface area contributed by atoms with E-state index in [4.69, 9.17) is 0 Å². The molecule has 0 bridgehead atoms. The zero-order valence-corrected chi connectivity index (χ0v) is 7.66. The quantitative estimate of drug-likeness (QED) is 0.250. The van der Waals surface area contributed by atoms with Crippen molar-refractivity contribution in [3.8, 4) is 0 Å². The summed E-state index contributed by atoms with van der Waals surface area (Å²) in [6.45, 7) is 0. The van der Waals surface area contributed by atoms with Gasteiger partial charge in [-0.3, -0.25) is 0 Å². The molecule has 0 aromatic rings. The number of hydrogen-bond donors (Lipinski definition) is 0. The number of ether oxygens (including phenoxy) is 1. The van der Waals surface area contributed by atoms with Crippen LogP contribution < -0.4 is 56.5 Å². The zero-order chi connectivity index (χ0) is 4.28. The maximum absolute atomic E-state index is 9.41. The van der Waals surface area contributed by atoms with Gasteiger partial charge in [0.05, 0.1) is 0 Å². The molecule has 0 heterocycles. The Morgan fingerprint density at radius 3 is 2.00 bits per heavy atom. The number of thiocarbonyl (C=S) groups is 1. The molecule has 4 heteroatoms. The molecule has 2 nitrogen and oxygen atoms in total. The molecule has 0 aliphatic heterocycles. The second-order valence-electron chi connectivity index (χ2n) is 0.454. The Hall–Kier alpha value is 1.33. The van der Waals surface area contributed by atoms with Gasteiger partial charge in [-0.2, -0.15) is 0 Å². The fourth-order valence-corrected chi connectivity index (χ4v) is 0. The standard InChI is InChI=1S/C2H4O2S.K/c1-4-2(3)5;/h1H3,(H,3,5);/q;+1/p-1. The van der Waals surface area contributed by atoms with Crippen molar-refractivity contribution < 1.29 is 61.2 Å². The molecular formula is C2H3KO2S. The van der Waals surface area contributed by atoms with E-state index < -0.39 is 5.24 Å². The summed E-state index contributed by atoms with van der Waals surface area (Å²) in [5, 5.41) is 8.74. The third-order valence-corrected chi connectivity index (χ3v) is 0.333. The molecule has 0 saturated heterocycles. The summed E-state index contributed by atoms with van der Waals surface area (Å²) >= 11 is 3.92.